The maximum absolute atomic E-state index is 2.49. The molecule has 0 aromatic heterocycles. The Bertz CT molecular complexity index is 289. The van der Waals surface area contributed by atoms with E-state index in [-0.39, 0.29) is 0 Å². The first-order valence-corrected chi connectivity index (χ1v) is 6.63. The van der Waals surface area contributed by atoms with Crippen LogP contribution in [0.25, 0.3) is 0 Å². The van der Waals surface area contributed by atoms with Crippen molar-refractivity contribution in [3.63, 3.8) is 0 Å². The molecule has 1 heterocycles. The Kier molecular flexibility index (Phi) is 5.37. The molecule has 1 aromatic rings. The maximum Gasteiger partial charge on any atom is 0.0366 e. The van der Waals surface area contributed by atoms with Crippen molar-refractivity contribution in [2.24, 2.45) is 5.92 Å². The fourth-order valence-corrected chi connectivity index (χ4v) is 2.11. The van der Waals surface area contributed by atoms with Crippen LogP contribution >= 0.6 is 0 Å². The summed E-state index contributed by atoms with van der Waals surface area (Å²) in [6, 6.07) is 9.02. The normalized spacial score (nSPS) is 19.2. The minimum atomic E-state index is 0.862. The predicted octanol–water partition coefficient (Wildman–Crippen LogP) is 4.12. The van der Waals surface area contributed by atoms with E-state index in [1.165, 1.54) is 30.8 Å². The summed E-state index contributed by atoms with van der Waals surface area (Å²) in [6.45, 7) is 11.0. The van der Waals surface area contributed by atoms with Gasteiger partial charge in [0.05, 0.1) is 0 Å². The molecule has 0 radical (unpaired) electrons. The van der Waals surface area contributed by atoms with Crippen LogP contribution in [0, 0.1) is 5.92 Å². The first kappa shape index (κ1) is 13.1. The SMILES string of the molecule is CC.CCc1ccc(N2CC[C@@H](C)C2)cc1. The molecule has 1 saturated heterocycles. The molecule has 2 rings (SSSR count). The van der Waals surface area contributed by atoms with Gasteiger partial charge >= 0.3 is 0 Å². The van der Waals surface area contributed by atoms with Gasteiger partial charge in [-0.25, -0.2) is 0 Å². The molecule has 16 heavy (non-hydrogen) atoms. The molecule has 90 valence electrons. The van der Waals surface area contributed by atoms with Crippen LogP contribution in [0.3, 0.4) is 0 Å². The number of hydrogen-bond donors (Lipinski definition) is 0. The molecule has 1 nitrogen and oxygen atoms in total. The average Bonchev–Trinajstić information content (AvgIpc) is 2.79. The summed E-state index contributed by atoms with van der Waals surface area (Å²) in [6.07, 6.45) is 2.48. The van der Waals surface area contributed by atoms with Crippen molar-refractivity contribution < 1.29 is 0 Å². The molecule has 1 aromatic carbocycles. The lowest BCUT2D eigenvalue weighted by atomic mass is 10.1. The Hall–Kier alpha value is -0.980. The van der Waals surface area contributed by atoms with Crippen LogP contribution in [0.15, 0.2) is 24.3 Å². The van der Waals surface area contributed by atoms with Crippen LogP contribution in [0.5, 0.6) is 0 Å². The minimum Gasteiger partial charge on any atom is -0.371 e. The van der Waals surface area contributed by atoms with E-state index in [1.807, 2.05) is 13.8 Å². The zero-order chi connectivity index (χ0) is 12.0. The second-order valence-corrected chi connectivity index (χ2v) is 4.36. The number of anilines is 1. The standard InChI is InChI=1S/C13H19N.C2H6/c1-3-12-4-6-13(7-5-12)14-9-8-11(2)10-14;1-2/h4-7,11H,3,8-10H2,1-2H3;1-2H3/t11-;/m1./s1. The van der Waals surface area contributed by atoms with Crippen LogP contribution < -0.4 is 4.90 Å². The first-order chi connectivity index (χ1) is 7.79. The Morgan fingerprint density at radius 2 is 1.81 bits per heavy atom. The Morgan fingerprint density at radius 1 is 1.19 bits per heavy atom. The molecule has 0 unspecified atom stereocenters. The number of aryl methyl sites for hydroxylation is 1. The molecule has 0 spiro atoms. The van der Waals surface area contributed by atoms with Gasteiger partial charge in [-0.2, -0.15) is 0 Å². The number of nitrogens with zero attached hydrogens (tertiary/aromatic N) is 1. The third kappa shape index (κ3) is 3.26. The van der Waals surface area contributed by atoms with E-state index in [2.05, 4.69) is 43.0 Å². The Morgan fingerprint density at radius 3 is 2.25 bits per heavy atom. The smallest absolute Gasteiger partial charge is 0.0366 e. The van der Waals surface area contributed by atoms with Gasteiger partial charge in [0.1, 0.15) is 0 Å². The van der Waals surface area contributed by atoms with Gasteiger partial charge < -0.3 is 4.90 Å². The van der Waals surface area contributed by atoms with Gasteiger partial charge in [0.2, 0.25) is 0 Å². The third-order valence-electron chi connectivity index (χ3n) is 3.13. The van der Waals surface area contributed by atoms with Gasteiger partial charge in [-0.3, -0.25) is 0 Å². The maximum atomic E-state index is 2.49. The van der Waals surface area contributed by atoms with Crippen molar-refractivity contribution in [1.29, 1.82) is 0 Å². The van der Waals surface area contributed by atoms with E-state index in [4.69, 9.17) is 0 Å². The molecule has 0 aliphatic carbocycles. The molecule has 1 heteroatoms. The third-order valence-corrected chi connectivity index (χ3v) is 3.13. The topological polar surface area (TPSA) is 3.24 Å². The fourth-order valence-electron chi connectivity index (χ4n) is 2.11. The quantitative estimate of drug-likeness (QED) is 0.723. The van der Waals surface area contributed by atoms with Crippen LogP contribution in [0.1, 0.15) is 39.7 Å². The summed E-state index contributed by atoms with van der Waals surface area (Å²) in [5.41, 5.74) is 2.83. The monoisotopic (exact) mass is 219 g/mol. The molecule has 1 aliphatic heterocycles. The van der Waals surface area contributed by atoms with Crippen LogP contribution in [-0.2, 0) is 6.42 Å². The molecular weight excluding hydrogens is 194 g/mol. The van der Waals surface area contributed by atoms with Gasteiger partial charge in [0.15, 0.2) is 0 Å². The molecule has 1 aliphatic rings. The highest BCUT2D eigenvalue weighted by Gasteiger charge is 2.18. The molecule has 0 N–H and O–H groups in total. The van der Waals surface area contributed by atoms with Crippen LogP contribution in [0.4, 0.5) is 5.69 Å². The van der Waals surface area contributed by atoms with Crippen LogP contribution in [0.2, 0.25) is 0 Å². The average molecular weight is 219 g/mol. The zero-order valence-corrected chi connectivity index (χ0v) is 11.2. The van der Waals surface area contributed by atoms with E-state index in [9.17, 15) is 0 Å². The predicted molar refractivity (Wildman–Crippen MR) is 73.2 cm³/mol. The summed E-state index contributed by atoms with van der Waals surface area (Å²) in [4.78, 5) is 2.49. The van der Waals surface area contributed by atoms with Gasteiger partial charge in [0.25, 0.3) is 0 Å². The first-order valence-electron chi connectivity index (χ1n) is 6.63. The van der Waals surface area contributed by atoms with Crippen molar-refractivity contribution in [3.05, 3.63) is 29.8 Å². The number of benzene rings is 1. The number of hydrogen-bond acceptors (Lipinski definition) is 1. The lowest BCUT2D eigenvalue weighted by molar-refractivity contribution is 0.659. The van der Waals surface area contributed by atoms with Gasteiger partial charge in [-0.15, -0.1) is 0 Å². The lowest BCUT2D eigenvalue weighted by Gasteiger charge is -2.18. The van der Waals surface area contributed by atoms with E-state index >= 15 is 0 Å². The van der Waals surface area contributed by atoms with Crippen molar-refractivity contribution in [2.45, 2.75) is 40.5 Å². The van der Waals surface area contributed by atoms with Gasteiger partial charge in [-0.05, 0) is 36.5 Å². The van der Waals surface area contributed by atoms with E-state index in [0.717, 1.165) is 12.3 Å². The zero-order valence-electron chi connectivity index (χ0n) is 11.2. The second kappa shape index (κ2) is 6.57. The van der Waals surface area contributed by atoms with Crippen molar-refractivity contribution in [1.82, 2.24) is 0 Å². The molecular formula is C15H25N. The van der Waals surface area contributed by atoms with Gasteiger partial charge in [0, 0.05) is 18.8 Å². The van der Waals surface area contributed by atoms with Crippen molar-refractivity contribution >= 4 is 5.69 Å². The Balaban J connectivity index is 0.000000606. The molecule has 0 bridgehead atoms. The van der Waals surface area contributed by atoms with Gasteiger partial charge in [-0.1, -0.05) is 39.8 Å². The molecule has 0 amide bonds. The highest BCUT2D eigenvalue weighted by atomic mass is 15.1. The van der Waals surface area contributed by atoms with E-state index in [0.29, 0.717) is 0 Å². The summed E-state index contributed by atoms with van der Waals surface area (Å²) >= 11 is 0. The highest BCUT2D eigenvalue weighted by Crippen LogP contribution is 2.23. The summed E-state index contributed by atoms with van der Waals surface area (Å²) in [5, 5.41) is 0. The summed E-state index contributed by atoms with van der Waals surface area (Å²) < 4.78 is 0. The fraction of sp³-hybridized carbons (Fsp3) is 0.600. The van der Waals surface area contributed by atoms with E-state index < -0.39 is 0 Å². The second-order valence-electron chi connectivity index (χ2n) is 4.36. The van der Waals surface area contributed by atoms with Crippen molar-refractivity contribution in [3.8, 4) is 0 Å². The number of rotatable bonds is 2. The van der Waals surface area contributed by atoms with Crippen molar-refractivity contribution in [2.75, 3.05) is 18.0 Å². The largest absolute Gasteiger partial charge is 0.371 e. The highest BCUT2D eigenvalue weighted by molar-refractivity contribution is 5.48. The van der Waals surface area contributed by atoms with E-state index in [1.54, 1.807) is 0 Å². The Labute approximate surface area is 100 Å². The molecule has 1 atom stereocenters. The van der Waals surface area contributed by atoms with Crippen LogP contribution in [-0.4, -0.2) is 13.1 Å². The molecule has 0 saturated carbocycles. The lowest BCUT2D eigenvalue weighted by Crippen LogP contribution is -2.18. The summed E-state index contributed by atoms with van der Waals surface area (Å²) in [7, 11) is 0. The molecule has 1 fully saturated rings. The summed E-state index contributed by atoms with van der Waals surface area (Å²) in [5.74, 6) is 0.862. The minimum absolute atomic E-state index is 0.862.